The van der Waals surface area contributed by atoms with Gasteiger partial charge in [-0.05, 0) is 122 Å². The minimum absolute atomic E-state index is 0.00647. The minimum Gasteiger partial charge on any atom is -0.390 e. The Hall–Kier alpha value is -2.28. The number of carbonyl (C=O) groups excluding carboxylic acids is 1. The second-order valence-electron chi connectivity index (χ2n) is 12.5. The molecule has 0 amide bonds. The van der Waals surface area contributed by atoms with E-state index in [9.17, 15) is 14.7 Å². The molecule has 0 bridgehead atoms. The monoisotopic (exact) mass is 478 g/mol. The van der Waals surface area contributed by atoms with Gasteiger partial charge in [-0.2, -0.15) is 9.36 Å². The summed E-state index contributed by atoms with van der Waals surface area (Å²) < 4.78 is 2.49. The lowest BCUT2D eigenvalue weighted by atomic mass is 9.49. The third-order valence-electron chi connectivity index (χ3n) is 10.6. The molecule has 0 radical (unpaired) electrons. The molecule has 7 nitrogen and oxygen atoms in total. The van der Waals surface area contributed by atoms with Crippen LogP contribution in [0.5, 0.6) is 0 Å². The zero-order chi connectivity index (χ0) is 24.4. The normalized spacial score (nSPS) is 40.5. The van der Waals surface area contributed by atoms with Gasteiger partial charge in [0.15, 0.2) is 5.78 Å². The van der Waals surface area contributed by atoms with E-state index in [1.165, 1.54) is 28.6 Å². The zero-order valence-electron chi connectivity index (χ0n) is 21.0. The van der Waals surface area contributed by atoms with Gasteiger partial charge in [-0.1, -0.05) is 25.1 Å². The molecule has 7 heteroatoms. The largest absolute Gasteiger partial charge is 0.390 e. The third kappa shape index (κ3) is 3.81. The van der Waals surface area contributed by atoms with Crippen LogP contribution in [-0.2, 0) is 11.3 Å². The van der Waals surface area contributed by atoms with Crippen LogP contribution in [0.3, 0.4) is 0 Å². The van der Waals surface area contributed by atoms with E-state index >= 15 is 0 Å². The van der Waals surface area contributed by atoms with Gasteiger partial charge in [0.2, 0.25) is 0 Å². The van der Waals surface area contributed by atoms with Gasteiger partial charge < -0.3 is 5.11 Å². The van der Waals surface area contributed by atoms with E-state index in [-0.39, 0.29) is 29.4 Å². The van der Waals surface area contributed by atoms with Crippen LogP contribution in [-0.4, -0.2) is 36.3 Å². The molecule has 2 unspecified atom stereocenters. The molecule has 8 atom stereocenters. The highest BCUT2D eigenvalue weighted by Gasteiger charge is 2.58. The lowest BCUT2D eigenvalue weighted by Crippen LogP contribution is -2.51. The Bertz CT molecular complexity index is 1150. The summed E-state index contributed by atoms with van der Waals surface area (Å²) in [5.41, 5.74) is -0.172. The maximum atomic E-state index is 13.6. The fraction of sp³-hybridized carbons (Fsp3) is 0.714. The summed E-state index contributed by atoms with van der Waals surface area (Å²) in [4.78, 5) is 26.4. The van der Waals surface area contributed by atoms with Gasteiger partial charge in [0.05, 0.1) is 11.3 Å². The number of nitrogens with zero attached hydrogens (tertiary/aromatic N) is 4. The Morgan fingerprint density at radius 2 is 1.74 bits per heavy atom. The molecular formula is C28H38N4O3. The molecule has 1 aromatic heterocycles. The van der Waals surface area contributed by atoms with Crippen LogP contribution in [0, 0.1) is 40.9 Å². The van der Waals surface area contributed by atoms with Gasteiger partial charge in [0.25, 0.3) is 0 Å². The first-order valence-corrected chi connectivity index (χ1v) is 13.6. The van der Waals surface area contributed by atoms with Gasteiger partial charge in [-0.25, -0.2) is 4.79 Å². The molecule has 1 heterocycles. The number of tetrazole rings is 1. The van der Waals surface area contributed by atoms with Crippen molar-refractivity contribution < 1.29 is 9.90 Å². The molecule has 2 aromatic rings. The quantitative estimate of drug-likeness (QED) is 0.717. The summed E-state index contributed by atoms with van der Waals surface area (Å²) in [5.74, 6) is 3.60. The number of para-hydroxylation sites is 1. The van der Waals surface area contributed by atoms with Gasteiger partial charge in [0, 0.05) is 5.92 Å². The Morgan fingerprint density at radius 3 is 2.54 bits per heavy atom. The summed E-state index contributed by atoms with van der Waals surface area (Å²) in [5, 5.41) is 18.7. The van der Waals surface area contributed by atoms with E-state index in [1.54, 1.807) is 0 Å². The van der Waals surface area contributed by atoms with Crippen molar-refractivity contribution in [2.45, 2.75) is 83.8 Å². The van der Waals surface area contributed by atoms with Crippen molar-refractivity contribution in [3.05, 3.63) is 40.8 Å². The van der Waals surface area contributed by atoms with E-state index in [1.807, 2.05) is 37.3 Å². The van der Waals surface area contributed by atoms with E-state index in [0.717, 1.165) is 50.4 Å². The fourth-order valence-electron chi connectivity index (χ4n) is 8.97. The first-order chi connectivity index (χ1) is 16.8. The maximum Gasteiger partial charge on any atom is 0.368 e. The van der Waals surface area contributed by atoms with Crippen molar-refractivity contribution in [3.8, 4) is 5.69 Å². The number of hydrogen-bond acceptors (Lipinski definition) is 5. The fourth-order valence-corrected chi connectivity index (χ4v) is 8.97. The molecule has 4 aliphatic rings. The Balaban J connectivity index is 1.17. The van der Waals surface area contributed by atoms with Gasteiger partial charge in [-0.3, -0.25) is 4.79 Å². The molecule has 0 aliphatic heterocycles. The zero-order valence-corrected chi connectivity index (χ0v) is 21.0. The summed E-state index contributed by atoms with van der Waals surface area (Å²) in [7, 11) is 0. The predicted molar refractivity (Wildman–Crippen MR) is 132 cm³/mol. The minimum atomic E-state index is -0.484. The third-order valence-corrected chi connectivity index (χ3v) is 10.6. The number of aliphatic hydroxyl groups is 1. The Morgan fingerprint density at radius 1 is 0.971 bits per heavy atom. The van der Waals surface area contributed by atoms with E-state index in [2.05, 4.69) is 17.4 Å². The topological polar surface area (TPSA) is 90.0 Å². The highest BCUT2D eigenvalue weighted by Crippen LogP contribution is 2.64. The maximum absolute atomic E-state index is 13.6. The number of rotatable bonds is 4. The van der Waals surface area contributed by atoms with Crippen LogP contribution in [0.4, 0.5) is 0 Å². The molecule has 1 N–H and O–H groups in total. The van der Waals surface area contributed by atoms with E-state index < -0.39 is 5.60 Å². The van der Waals surface area contributed by atoms with Crippen molar-refractivity contribution in [1.82, 2.24) is 19.8 Å². The van der Waals surface area contributed by atoms with Crippen LogP contribution in [0.1, 0.15) is 71.6 Å². The Labute approximate surface area is 206 Å². The number of Topliss-reactive ketones (excluding diaryl/α,β-unsaturated/α-hetero) is 1. The van der Waals surface area contributed by atoms with Crippen molar-refractivity contribution >= 4 is 5.78 Å². The van der Waals surface area contributed by atoms with Gasteiger partial charge in [-0.15, -0.1) is 0 Å². The second kappa shape index (κ2) is 8.39. The molecule has 4 saturated carbocycles. The standard InChI is InChI=1S/C28H38N4O3/c1-27(35)14-12-20-18(16-27)8-9-22-21(20)13-15-28(2)23(22)10-11-24(28)25(33)17-31-26(34)32(30-29-31)19-6-4-3-5-7-19/h3-7,18,20-24,35H,8-17H2,1-2H3/t18-,20?,21?,22-,23+,24-,27-,28+/m1/s1. The number of ketones is 1. The number of benzene rings is 1. The van der Waals surface area contributed by atoms with Crippen molar-refractivity contribution in [2.75, 3.05) is 0 Å². The van der Waals surface area contributed by atoms with Crippen molar-refractivity contribution in [2.24, 2.45) is 40.9 Å². The highest BCUT2D eigenvalue weighted by molar-refractivity contribution is 5.82. The molecule has 6 rings (SSSR count). The molecule has 4 aliphatic carbocycles. The van der Waals surface area contributed by atoms with Crippen LogP contribution < -0.4 is 5.69 Å². The van der Waals surface area contributed by atoms with Crippen molar-refractivity contribution in [1.29, 1.82) is 0 Å². The first-order valence-electron chi connectivity index (χ1n) is 13.6. The summed E-state index contributed by atoms with van der Waals surface area (Å²) >= 11 is 0. The summed E-state index contributed by atoms with van der Waals surface area (Å²) in [6.07, 6.45) is 9.86. The average Bonchev–Trinajstić information content (AvgIpc) is 3.38. The number of hydrogen-bond donors (Lipinski definition) is 1. The molecule has 4 fully saturated rings. The molecule has 188 valence electrons. The SMILES string of the molecule is C[C@@]1(O)CCC2C3CC[C@]4(C)[C@@H](C(=O)Cn5nnn(-c6ccccc6)c5=O)CC[C@H]4[C@@H]3CC[C@@H]2C1. The van der Waals surface area contributed by atoms with Gasteiger partial charge >= 0.3 is 5.69 Å². The summed E-state index contributed by atoms with van der Waals surface area (Å²) in [6, 6.07) is 9.21. The molecular weight excluding hydrogens is 440 g/mol. The number of carbonyl (C=O) groups is 1. The smallest absolute Gasteiger partial charge is 0.368 e. The number of aromatic nitrogens is 4. The van der Waals surface area contributed by atoms with Crippen LogP contribution >= 0.6 is 0 Å². The highest BCUT2D eigenvalue weighted by atomic mass is 16.3. The number of fused-ring (bicyclic) bond motifs is 5. The lowest BCUT2D eigenvalue weighted by Gasteiger charge is -2.56. The predicted octanol–water partition coefficient (Wildman–Crippen LogP) is 4.02. The second-order valence-corrected chi connectivity index (χ2v) is 12.5. The van der Waals surface area contributed by atoms with Crippen LogP contribution in [0.15, 0.2) is 35.1 Å². The average molecular weight is 479 g/mol. The van der Waals surface area contributed by atoms with E-state index in [0.29, 0.717) is 23.4 Å². The first kappa shape index (κ1) is 23.1. The van der Waals surface area contributed by atoms with Crippen LogP contribution in [0.25, 0.3) is 5.69 Å². The van der Waals surface area contributed by atoms with E-state index in [4.69, 9.17) is 0 Å². The summed E-state index contributed by atoms with van der Waals surface area (Å²) in [6.45, 7) is 4.38. The lowest BCUT2D eigenvalue weighted by molar-refractivity contribution is -0.133. The molecule has 0 saturated heterocycles. The van der Waals surface area contributed by atoms with Crippen LogP contribution in [0.2, 0.25) is 0 Å². The van der Waals surface area contributed by atoms with Gasteiger partial charge in [0.1, 0.15) is 6.54 Å². The Kier molecular flexibility index (Phi) is 5.55. The molecule has 1 aromatic carbocycles. The molecule has 0 spiro atoms. The molecule has 35 heavy (non-hydrogen) atoms. The van der Waals surface area contributed by atoms with Crippen molar-refractivity contribution in [3.63, 3.8) is 0 Å².